The van der Waals surface area contributed by atoms with Gasteiger partial charge in [-0.3, -0.25) is 10.1 Å². The summed E-state index contributed by atoms with van der Waals surface area (Å²) in [6.45, 7) is 0. The monoisotopic (exact) mass is 437 g/mol. The molecule has 0 aliphatic carbocycles. The molecule has 1 N–H and O–H groups in total. The Labute approximate surface area is 181 Å². The van der Waals surface area contributed by atoms with Gasteiger partial charge in [-0.25, -0.2) is 9.98 Å². The van der Waals surface area contributed by atoms with Crippen LogP contribution in [0.25, 0.3) is 11.0 Å². The average Bonchev–Trinajstić information content (AvgIpc) is 3.31. The standard InChI is InChI=1S/C22H19N3O5S/c1-27-14-7-8-17(28-2)16(12-14)24-21-15(20(26)25-22-23-9-10-31-22)11-13-5-4-6-18(29-3)19(13)30-21/h4-12H,1-3H3,(H,23,25,26). The van der Waals surface area contributed by atoms with Crippen molar-refractivity contribution in [3.8, 4) is 17.2 Å². The first kappa shape index (κ1) is 20.4. The molecule has 0 aliphatic rings. The van der Waals surface area contributed by atoms with Crippen molar-refractivity contribution in [1.29, 1.82) is 0 Å². The van der Waals surface area contributed by atoms with Crippen molar-refractivity contribution < 1.29 is 23.4 Å². The largest absolute Gasteiger partial charge is 0.497 e. The van der Waals surface area contributed by atoms with Crippen molar-refractivity contribution in [2.45, 2.75) is 0 Å². The highest BCUT2D eigenvalue weighted by Crippen LogP contribution is 2.32. The summed E-state index contributed by atoms with van der Waals surface area (Å²) in [6.07, 6.45) is 1.61. The highest BCUT2D eigenvalue weighted by atomic mass is 32.1. The van der Waals surface area contributed by atoms with E-state index in [0.29, 0.717) is 39.0 Å². The highest BCUT2D eigenvalue weighted by molar-refractivity contribution is 7.13. The lowest BCUT2D eigenvalue weighted by molar-refractivity contribution is 0.102. The fourth-order valence-electron chi connectivity index (χ4n) is 2.97. The predicted molar refractivity (Wildman–Crippen MR) is 118 cm³/mol. The third kappa shape index (κ3) is 4.22. The van der Waals surface area contributed by atoms with Crippen molar-refractivity contribution in [2.24, 2.45) is 4.99 Å². The van der Waals surface area contributed by atoms with E-state index in [-0.39, 0.29) is 11.1 Å². The Balaban J connectivity index is 1.95. The van der Waals surface area contributed by atoms with Crippen LogP contribution in [0, 0.1) is 0 Å². The van der Waals surface area contributed by atoms with E-state index in [1.165, 1.54) is 18.4 Å². The zero-order valence-electron chi connectivity index (χ0n) is 17.0. The summed E-state index contributed by atoms with van der Waals surface area (Å²) in [5.74, 6) is 1.22. The van der Waals surface area contributed by atoms with Gasteiger partial charge in [-0.05, 0) is 24.3 Å². The van der Waals surface area contributed by atoms with Gasteiger partial charge in [-0.2, -0.15) is 0 Å². The van der Waals surface area contributed by atoms with Crippen LogP contribution in [0.4, 0.5) is 10.8 Å². The number of amides is 1. The molecule has 0 fully saturated rings. The molecule has 0 bridgehead atoms. The van der Waals surface area contributed by atoms with Gasteiger partial charge in [0.2, 0.25) is 5.55 Å². The Hall–Kier alpha value is -3.85. The molecule has 0 radical (unpaired) electrons. The number of nitrogens with one attached hydrogen (secondary N) is 1. The van der Waals surface area contributed by atoms with Crippen LogP contribution in [-0.4, -0.2) is 32.2 Å². The van der Waals surface area contributed by atoms with Gasteiger partial charge in [0, 0.05) is 23.0 Å². The number of carbonyl (C=O) groups excluding carboxylic acids is 1. The number of carbonyl (C=O) groups is 1. The van der Waals surface area contributed by atoms with Gasteiger partial charge in [0.1, 0.15) is 22.7 Å². The molecule has 2 aromatic carbocycles. The van der Waals surface area contributed by atoms with Gasteiger partial charge in [0.25, 0.3) is 5.91 Å². The molecule has 0 saturated heterocycles. The van der Waals surface area contributed by atoms with Crippen LogP contribution >= 0.6 is 11.3 Å². The van der Waals surface area contributed by atoms with Gasteiger partial charge < -0.3 is 18.6 Å². The quantitative estimate of drug-likeness (QED) is 0.480. The maximum Gasteiger partial charge on any atom is 0.262 e. The first-order valence-electron chi connectivity index (χ1n) is 9.21. The van der Waals surface area contributed by atoms with Crippen LogP contribution in [-0.2, 0) is 0 Å². The first-order valence-corrected chi connectivity index (χ1v) is 10.1. The molecular weight excluding hydrogens is 418 g/mol. The second kappa shape index (κ2) is 8.88. The molecule has 2 aromatic heterocycles. The number of para-hydroxylation sites is 1. The second-order valence-corrected chi connectivity index (χ2v) is 7.18. The van der Waals surface area contributed by atoms with E-state index in [1.807, 2.05) is 12.1 Å². The lowest BCUT2D eigenvalue weighted by Gasteiger charge is -2.09. The Morgan fingerprint density at radius 2 is 1.90 bits per heavy atom. The maximum absolute atomic E-state index is 13.0. The minimum absolute atomic E-state index is 0.0950. The van der Waals surface area contributed by atoms with Crippen molar-refractivity contribution in [3.63, 3.8) is 0 Å². The second-order valence-electron chi connectivity index (χ2n) is 6.28. The third-order valence-corrected chi connectivity index (χ3v) is 5.15. The normalized spacial score (nSPS) is 11.4. The van der Waals surface area contributed by atoms with Gasteiger partial charge in [-0.1, -0.05) is 12.1 Å². The Morgan fingerprint density at radius 3 is 2.61 bits per heavy atom. The fraction of sp³-hybridized carbons (Fsp3) is 0.136. The minimum Gasteiger partial charge on any atom is -0.497 e. The molecule has 9 heteroatoms. The highest BCUT2D eigenvalue weighted by Gasteiger charge is 2.16. The van der Waals surface area contributed by atoms with Crippen molar-refractivity contribution >= 4 is 39.0 Å². The number of nitrogens with zero attached hydrogens (tertiary/aromatic N) is 2. The number of aromatic nitrogens is 1. The molecule has 31 heavy (non-hydrogen) atoms. The lowest BCUT2D eigenvalue weighted by atomic mass is 10.1. The number of hydrogen-bond donors (Lipinski definition) is 1. The molecule has 2 heterocycles. The number of thiazole rings is 1. The summed E-state index contributed by atoms with van der Waals surface area (Å²) in [5.41, 5.74) is 1.25. The molecule has 4 aromatic rings. The number of anilines is 1. The fourth-order valence-corrected chi connectivity index (χ4v) is 3.50. The number of benzene rings is 2. The molecule has 0 unspecified atom stereocenters. The van der Waals surface area contributed by atoms with Crippen molar-refractivity contribution in [1.82, 2.24) is 4.98 Å². The van der Waals surface area contributed by atoms with Crippen LogP contribution < -0.4 is 25.1 Å². The number of hydrogen-bond acceptors (Lipinski definition) is 8. The van der Waals surface area contributed by atoms with Crippen molar-refractivity contribution in [3.05, 3.63) is 65.2 Å². The Morgan fingerprint density at radius 1 is 1.06 bits per heavy atom. The van der Waals surface area contributed by atoms with Crippen molar-refractivity contribution in [2.75, 3.05) is 26.6 Å². The van der Waals surface area contributed by atoms with Crippen LogP contribution in [0.5, 0.6) is 17.2 Å². The van der Waals surface area contributed by atoms with Crippen LogP contribution in [0.3, 0.4) is 0 Å². The summed E-state index contributed by atoms with van der Waals surface area (Å²) < 4.78 is 22.2. The molecule has 8 nitrogen and oxygen atoms in total. The molecule has 0 saturated carbocycles. The molecule has 1 amide bonds. The zero-order chi connectivity index (χ0) is 21.8. The molecule has 0 atom stereocenters. The third-order valence-electron chi connectivity index (χ3n) is 4.46. The molecule has 4 rings (SSSR count). The summed E-state index contributed by atoms with van der Waals surface area (Å²) in [6, 6.07) is 12.3. The SMILES string of the molecule is COc1ccc(OC)c(N=c2oc3c(OC)cccc3cc2C(=O)Nc2nccs2)c1. The minimum atomic E-state index is -0.399. The van der Waals surface area contributed by atoms with E-state index in [1.54, 1.807) is 56.1 Å². The predicted octanol–water partition coefficient (Wildman–Crippen LogP) is 4.40. The zero-order valence-corrected chi connectivity index (χ0v) is 17.9. The summed E-state index contributed by atoms with van der Waals surface area (Å²) in [7, 11) is 4.65. The summed E-state index contributed by atoms with van der Waals surface area (Å²) in [5, 5.41) is 5.71. The number of fused-ring (bicyclic) bond motifs is 1. The molecule has 158 valence electrons. The van der Waals surface area contributed by atoms with E-state index in [9.17, 15) is 4.79 Å². The Kier molecular flexibility index (Phi) is 5.85. The smallest absolute Gasteiger partial charge is 0.262 e. The van der Waals surface area contributed by atoms with E-state index >= 15 is 0 Å². The number of methoxy groups -OCH3 is 3. The van der Waals surface area contributed by atoms with Gasteiger partial charge >= 0.3 is 0 Å². The van der Waals surface area contributed by atoms with E-state index in [2.05, 4.69) is 15.3 Å². The molecule has 0 aliphatic heterocycles. The average molecular weight is 437 g/mol. The molecular formula is C22H19N3O5S. The molecule has 0 spiro atoms. The first-order chi connectivity index (χ1) is 15.1. The topological polar surface area (TPSA) is 95.2 Å². The van der Waals surface area contributed by atoms with E-state index in [4.69, 9.17) is 18.6 Å². The maximum atomic E-state index is 13.0. The number of rotatable bonds is 6. The van der Waals surface area contributed by atoms with E-state index < -0.39 is 5.91 Å². The van der Waals surface area contributed by atoms with Crippen LogP contribution in [0.2, 0.25) is 0 Å². The summed E-state index contributed by atoms with van der Waals surface area (Å²) in [4.78, 5) is 21.7. The van der Waals surface area contributed by atoms with Gasteiger partial charge in [0.15, 0.2) is 16.5 Å². The lowest BCUT2D eigenvalue weighted by Crippen LogP contribution is -2.21. The van der Waals surface area contributed by atoms with Gasteiger partial charge in [0.05, 0.1) is 21.3 Å². The summed E-state index contributed by atoms with van der Waals surface area (Å²) >= 11 is 1.32. The number of ether oxygens (including phenoxy) is 3. The Bertz CT molecular complexity index is 1300. The van der Waals surface area contributed by atoms with E-state index in [0.717, 1.165) is 0 Å². The van der Waals surface area contributed by atoms with Crippen LogP contribution in [0.15, 0.2) is 63.5 Å². The van der Waals surface area contributed by atoms with Crippen LogP contribution in [0.1, 0.15) is 10.4 Å². The van der Waals surface area contributed by atoms with Gasteiger partial charge in [-0.15, -0.1) is 11.3 Å².